The average Bonchev–Trinajstić information content (AvgIpc) is 3.02. The minimum Gasteiger partial charge on any atom is -0.356 e. The maximum absolute atomic E-state index is 12.4. The van der Waals surface area contributed by atoms with Crippen LogP contribution >= 0.6 is 23.7 Å². The molecule has 0 aromatic carbocycles. The van der Waals surface area contributed by atoms with Crippen LogP contribution in [0.3, 0.4) is 0 Å². The molecule has 4 N–H and O–H groups in total. The third-order valence-electron chi connectivity index (χ3n) is 4.21. The summed E-state index contributed by atoms with van der Waals surface area (Å²) >= 11 is 1.23. The minimum absolute atomic E-state index is 0. The van der Waals surface area contributed by atoms with Gasteiger partial charge in [-0.05, 0) is 37.3 Å². The van der Waals surface area contributed by atoms with Gasteiger partial charge in [0.05, 0.1) is 0 Å². The van der Waals surface area contributed by atoms with E-state index in [9.17, 15) is 13.2 Å². The van der Waals surface area contributed by atoms with Crippen molar-refractivity contribution in [2.75, 3.05) is 13.1 Å². The van der Waals surface area contributed by atoms with E-state index in [1.165, 1.54) is 11.3 Å². The third-order valence-corrected chi connectivity index (χ3v) is 7.25. The van der Waals surface area contributed by atoms with Crippen molar-refractivity contribution >= 4 is 39.7 Å². The van der Waals surface area contributed by atoms with Gasteiger partial charge in [0.1, 0.15) is 4.21 Å². The molecule has 26 heavy (non-hydrogen) atoms. The number of nitrogens with two attached hydrogens (primary N) is 1. The van der Waals surface area contributed by atoms with Crippen LogP contribution in [0, 0.1) is 5.92 Å². The Morgan fingerprint density at radius 3 is 2.42 bits per heavy atom. The Balaban J connectivity index is 0.00000625. The molecule has 0 aliphatic rings. The lowest BCUT2D eigenvalue weighted by Crippen LogP contribution is -2.49. The molecule has 0 fully saturated rings. The molecule has 6 nitrogen and oxygen atoms in total. The van der Waals surface area contributed by atoms with E-state index in [0.717, 1.165) is 4.88 Å². The van der Waals surface area contributed by atoms with E-state index in [1.54, 1.807) is 12.1 Å². The van der Waals surface area contributed by atoms with Crippen LogP contribution in [-0.4, -0.2) is 33.0 Å². The van der Waals surface area contributed by atoms with Gasteiger partial charge in [0.25, 0.3) is 0 Å². The molecule has 0 atom stereocenters. The molecule has 1 amide bonds. The summed E-state index contributed by atoms with van der Waals surface area (Å²) in [5.74, 6) is 0.352. The van der Waals surface area contributed by atoms with E-state index in [1.807, 2.05) is 27.7 Å². The lowest BCUT2D eigenvalue weighted by Gasteiger charge is -2.26. The van der Waals surface area contributed by atoms with E-state index < -0.39 is 15.6 Å². The Morgan fingerprint density at radius 1 is 1.27 bits per heavy atom. The minimum atomic E-state index is -3.55. The molecule has 0 saturated heterocycles. The van der Waals surface area contributed by atoms with Crippen molar-refractivity contribution in [1.29, 1.82) is 0 Å². The normalized spacial score (nSPS) is 12.1. The molecule has 0 unspecified atom stereocenters. The number of nitrogens with one attached hydrogen (secondary N) is 2. The molecular weight excluding hydrogens is 394 g/mol. The SMILES string of the molecule is CCC(N)(CC)CNS(=O)(=O)c1ccc(CCNC(=O)CC(C)C)s1.Cl. The number of thiophene rings is 1. The maximum Gasteiger partial charge on any atom is 0.250 e. The summed E-state index contributed by atoms with van der Waals surface area (Å²) in [7, 11) is -3.55. The lowest BCUT2D eigenvalue weighted by atomic mass is 9.95. The van der Waals surface area contributed by atoms with Crippen LogP contribution in [0.4, 0.5) is 0 Å². The average molecular weight is 426 g/mol. The second-order valence-electron chi connectivity index (χ2n) is 6.81. The molecular formula is C17H32ClN3O3S2. The lowest BCUT2D eigenvalue weighted by molar-refractivity contribution is -0.121. The summed E-state index contributed by atoms with van der Waals surface area (Å²) in [5, 5.41) is 2.86. The molecule has 0 aliphatic heterocycles. The van der Waals surface area contributed by atoms with Gasteiger partial charge in [-0.3, -0.25) is 4.79 Å². The second kappa shape index (κ2) is 11.2. The van der Waals surface area contributed by atoms with Crippen molar-refractivity contribution in [3.8, 4) is 0 Å². The van der Waals surface area contributed by atoms with Crippen LogP contribution in [0.25, 0.3) is 0 Å². The smallest absolute Gasteiger partial charge is 0.250 e. The zero-order chi connectivity index (χ0) is 19.1. The Kier molecular flexibility index (Phi) is 10.9. The highest BCUT2D eigenvalue weighted by atomic mass is 35.5. The summed E-state index contributed by atoms with van der Waals surface area (Å²) in [6.07, 6.45) is 2.54. The van der Waals surface area contributed by atoms with Gasteiger partial charge in [0, 0.05) is 29.9 Å². The Bertz CT molecular complexity index is 656. The largest absolute Gasteiger partial charge is 0.356 e. The first kappa shape index (κ1) is 25.3. The third kappa shape index (κ3) is 8.35. The molecule has 0 spiro atoms. The van der Waals surface area contributed by atoms with E-state index in [-0.39, 0.29) is 29.1 Å². The number of rotatable bonds is 11. The predicted molar refractivity (Wildman–Crippen MR) is 110 cm³/mol. The number of hydrogen-bond acceptors (Lipinski definition) is 5. The molecule has 0 radical (unpaired) electrons. The molecule has 1 aromatic rings. The summed E-state index contributed by atoms with van der Waals surface area (Å²) in [6, 6.07) is 3.40. The van der Waals surface area contributed by atoms with Gasteiger partial charge in [0.15, 0.2) is 0 Å². The molecule has 1 aromatic heterocycles. The fraction of sp³-hybridized carbons (Fsp3) is 0.706. The van der Waals surface area contributed by atoms with Gasteiger partial charge in [-0.2, -0.15) is 0 Å². The first-order valence-corrected chi connectivity index (χ1v) is 11.1. The summed E-state index contributed by atoms with van der Waals surface area (Å²) in [6.45, 7) is 8.63. The van der Waals surface area contributed by atoms with Gasteiger partial charge in [0.2, 0.25) is 15.9 Å². The Hall–Kier alpha value is -0.670. The van der Waals surface area contributed by atoms with Crippen molar-refractivity contribution < 1.29 is 13.2 Å². The first-order valence-electron chi connectivity index (χ1n) is 8.76. The highest BCUT2D eigenvalue weighted by Gasteiger charge is 2.24. The first-order chi connectivity index (χ1) is 11.6. The fourth-order valence-electron chi connectivity index (χ4n) is 2.21. The van der Waals surface area contributed by atoms with Gasteiger partial charge in [-0.1, -0.05) is 27.7 Å². The van der Waals surface area contributed by atoms with Crippen LogP contribution < -0.4 is 15.8 Å². The summed E-state index contributed by atoms with van der Waals surface area (Å²) in [4.78, 5) is 12.5. The van der Waals surface area contributed by atoms with Gasteiger partial charge < -0.3 is 11.1 Å². The van der Waals surface area contributed by atoms with E-state index in [2.05, 4.69) is 10.0 Å². The van der Waals surface area contributed by atoms with Gasteiger partial charge in [-0.25, -0.2) is 13.1 Å². The zero-order valence-corrected chi connectivity index (χ0v) is 18.5. The number of amides is 1. The van der Waals surface area contributed by atoms with Crippen molar-refractivity contribution in [1.82, 2.24) is 10.0 Å². The van der Waals surface area contributed by atoms with E-state index in [4.69, 9.17) is 5.73 Å². The molecule has 9 heteroatoms. The van der Waals surface area contributed by atoms with Crippen LogP contribution in [0.15, 0.2) is 16.3 Å². The van der Waals surface area contributed by atoms with Crippen LogP contribution in [0.2, 0.25) is 0 Å². The fourth-order valence-corrected chi connectivity index (χ4v) is 4.75. The Morgan fingerprint density at radius 2 is 1.88 bits per heavy atom. The molecule has 1 heterocycles. The maximum atomic E-state index is 12.4. The van der Waals surface area contributed by atoms with Crippen LogP contribution in [0.5, 0.6) is 0 Å². The quantitative estimate of drug-likeness (QED) is 0.507. The second-order valence-corrected chi connectivity index (χ2v) is 9.97. The number of halogens is 1. The number of hydrogen-bond donors (Lipinski definition) is 3. The summed E-state index contributed by atoms with van der Waals surface area (Å²) < 4.78 is 27.7. The van der Waals surface area contributed by atoms with Crippen molar-refractivity contribution in [3.63, 3.8) is 0 Å². The molecule has 0 aliphatic carbocycles. The number of carbonyl (C=O) groups excluding carboxylic acids is 1. The Labute approximate surface area is 167 Å². The zero-order valence-electron chi connectivity index (χ0n) is 16.0. The van der Waals surface area contributed by atoms with Crippen molar-refractivity contribution in [2.24, 2.45) is 11.7 Å². The van der Waals surface area contributed by atoms with Gasteiger partial charge >= 0.3 is 0 Å². The van der Waals surface area contributed by atoms with Crippen molar-refractivity contribution in [3.05, 3.63) is 17.0 Å². The molecule has 0 saturated carbocycles. The summed E-state index contributed by atoms with van der Waals surface area (Å²) in [5.41, 5.74) is 5.63. The highest BCUT2D eigenvalue weighted by Crippen LogP contribution is 2.22. The van der Waals surface area contributed by atoms with Crippen molar-refractivity contribution in [2.45, 2.75) is 63.1 Å². The van der Waals surface area contributed by atoms with E-state index in [0.29, 0.717) is 38.1 Å². The van der Waals surface area contributed by atoms with Gasteiger partial charge in [-0.15, -0.1) is 23.7 Å². The standard InChI is InChI=1S/C17H31N3O3S2.ClH/c1-5-17(18,6-2)12-20-25(22,23)16-8-7-14(24-16)9-10-19-15(21)11-13(3)4;/h7-8,13,20H,5-6,9-12,18H2,1-4H3,(H,19,21);1H. The highest BCUT2D eigenvalue weighted by molar-refractivity contribution is 7.91. The molecule has 1 rings (SSSR count). The van der Waals surface area contributed by atoms with E-state index >= 15 is 0 Å². The number of sulfonamides is 1. The predicted octanol–water partition coefficient (Wildman–Crippen LogP) is 2.67. The molecule has 152 valence electrons. The van der Waals surface area contributed by atoms with Crippen LogP contribution in [0.1, 0.15) is 51.8 Å². The molecule has 0 bridgehead atoms. The number of carbonyl (C=O) groups is 1. The topological polar surface area (TPSA) is 101 Å². The van der Waals surface area contributed by atoms with Crippen LogP contribution in [-0.2, 0) is 21.2 Å². The monoisotopic (exact) mass is 425 g/mol.